The van der Waals surface area contributed by atoms with Crippen LogP contribution in [0.2, 0.25) is 51.9 Å². The maximum atomic E-state index is 11.8. The van der Waals surface area contributed by atoms with E-state index in [4.69, 9.17) is 8.23 Å². The fourth-order valence-corrected chi connectivity index (χ4v) is 16.1. The van der Waals surface area contributed by atoms with Crippen LogP contribution in [0.25, 0.3) is 0 Å². The van der Waals surface area contributed by atoms with Crippen LogP contribution in [0, 0.1) is 5.92 Å². The van der Waals surface area contributed by atoms with Gasteiger partial charge in [-0.2, -0.15) is 0 Å². The second-order valence-electron chi connectivity index (χ2n) is 9.58. The highest BCUT2D eigenvalue weighted by molar-refractivity contribution is 6.87. The van der Waals surface area contributed by atoms with E-state index in [1.54, 1.807) is 6.08 Å². The van der Waals surface area contributed by atoms with Gasteiger partial charge in [-0.25, -0.2) is 4.79 Å². The lowest BCUT2D eigenvalue weighted by Crippen LogP contribution is -2.52. The minimum absolute atomic E-state index is 0.0430. The Kier molecular flexibility index (Phi) is 8.50. The van der Waals surface area contributed by atoms with Crippen molar-refractivity contribution in [2.45, 2.75) is 90.1 Å². The molecule has 0 bridgehead atoms. The molecule has 0 spiro atoms. The van der Waals surface area contributed by atoms with Gasteiger partial charge in [0.2, 0.25) is 0 Å². The Hall–Kier alpha value is -0.259. The summed E-state index contributed by atoms with van der Waals surface area (Å²) in [6.45, 7) is 15.0. The van der Waals surface area contributed by atoms with Crippen molar-refractivity contribution >= 4 is 31.2 Å². The molecule has 1 saturated carbocycles. The van der Waals surface area contributed by atoms with Gasteiger partial charge in [0.25, 0.3) is 0 Å². The summed E-state index contributed by atoms with van der Waals surface area (Å²) in [7, 11) is -6.04. The van der Waals surface area contributed by atoms with Crippen LogP contribution in [0.1, 0.15) is 32.1 Å². The molecule has 26 heavy (non-hydrogen) atoms. The van der Waals surface area contributed by atoms with E-state index in [1.165, 1.54) is 0 Å². The second kappa shape index (κ2) is 9.29. The number of hydrogen-bond donors (Lipinski definition) is 2. The fraction of sp³-hybridized carbons (Fsp3) is 0.833. The van der Waals surface area contributed by atoms with Gasteiger partial charge >= 0.3 is 14.5 Å². The fourth-order valence-electron chi connectivity index (χ4n) is 3.63. The summed E-state index contributed by atoms with van der Waals surface area (Å²) in [4.78, 5) is 11.8. The second-order valence-corrected chi connectivity index (χ2v) is 22.4. The molecule has 0 aromatic heterocycles. The van der Waals surface area contributed by atoms with E-state index < -0.39 is 37.3 Å². The predicted molar refractivity (Wildman–Crippen MR) is 114 cm³/mol. The number of aliphatic hydroxyl groups is 1. The number of aliphatic hydroxyl groups excluding tert-OH is 1. The zero-order valence-corrected chi connectivity index (χ0v) is 20.6. The van der Waals surface area contributed by atoms with Gasteiger partial charge < -0.3 is 18.4 Å². The molecule has 2 unspecified atom stereocenters. The first-order valence-corrected chi connectivity index (χ1v) is 19.1. The van der Waals surface area contributed by atoms with Crippen LogP contribution in [0.4, 0.5) is 0 Å². The molecule has 1 aliphatic carbocycles. The number of aliphatic carboxylic acids is 1. The van der Waals surface area contributed by atoms with Gasteiger partial charge in [-0.3, -0.25) is 0 Å². The summed E-state index contributed by atoms with van der Waals surface area (Å²) in [5.74, 6) is -0.932. The third-order valence-electron chi connectivity index (χ3n) is 4.36. The number of carboxylic acids is 1. The van der Waals surface area contributed by atoms with Crippen molar-refractivity contribution in [1.29, 1.82) is 0 Å². The number of hydrogen-bond acceptors (Lipinski definition) is 4. The van der Waals surface area contributed by atoms with Crippen molar-refractivity contribution < 1.29 is 23.2 Å². The first-order chi connectivity index (χ1) is 11.7. The molecule has 1 fully saturated rings. The average molecular weight is 419 g/mol. The van der Waals surface area contributed by atoms with Gasteiger partial charge in [-0.1, -0.05) is 18.9 Å². The van der Waals surface area contributed by atoms with Crippen LogP contribution in [-0.2, 0) is 13.0 Å². The zero-order chi connectivity index (χ0) is 20.2. The van der Waals surface area contributed by atoms with Crippen LogP contribution in [-0.4, -0.2) is 47.5 Å². The molecular weight excluding hydrogens is 380 g/mol. The smallest absolute Gasteiger partial charge is 0.331 e. The minimum Gasteiger partial charge on any atom is -0.478 e. The normalized spacial score (nSPS) is 23.2. The summed E-state index contributed by atoms with van der Waals surface area (Å²) in [6, 6.07) is 0.641. The number of carbonyl (C=O) groups is 1. The Morgan fingerprint density at radius 1 is 1.00 bits per heavy atom. The van der Waals surface area contributed by atoms with Crippen LogP contribution < -0.4 is 0 Å². The minimum atomic E-state index is -2.45. The molecule has 152 valence electrons. The third kappa shape index (κ3) is 9.10. The summed E-state index contributed by atoms with van der Waals surface area (Å²) in [6.07, 6.45) is 5.52. The molecule has 2 N–H and O–H groups in total. The van der Waals surface area contributed by atoms with Gasteiger partial charge in [0.15, 0.2) is 16.6 Å². The van der Waals surface area contributed by atoms with Crippen LogP contribution >= 0.6 is 0 Å². The van der Waals surface area contributed by atoms with Crippen molar-refractivity contribution in [3.05, 3.63) is 11.6 Å². The van der Waals surface area contributed by atoms with Crippen molar-refractivity contribution in [2.75, 3.05) is 0 Å². The summed E-state index contributed by atoms with van der Waals surface area (Å²) < 4.78 is 12.9. The van der Waals surface area contributed by atoms with E-state index in [0.717, 1.165) is 25.7 Å². The molecule has 0 radical (unpaired) electrons. The summed E-state index contributed by atoms with van der Waals surface area (Å²) in [5, 5.41) is 19.8. The van der Waals surface area contributed by atoms with Gasteiger partial charge in [-0.15, -0.1) is 0 Å². The van der Waals surface area contributed by atoms with Gasteiger partial charge in [0, 0.05) is 11.5 Å². The molecule has 2 atom stereocenters. The maximum absolute atomic E-state index is 11.8. The van der Waals surface area contributed by atoms with Gasteiger partial charge in [0.05, 0.1) is 6.10 Å². The highest BCUT2D eigenvalue weighted by Crippen LogP contribution is 2.30. The molecule has 1 rings (SSSR count). The highest BCUT2D eigenvalue weighted by Gasteiger charge is 2.40. The van der Waals surface area contributed by atoms with Gasteiger partial charge in [0.1, 0.15) is 0 Å². The standard InChI is InChI=1S/C18H38O5Si3/c1-24(2,3)22-26(7,23-25(4,5)6)13-12-16(18(20)21)14-15-10-8-9-11-17(15)19/h14-15,17,19H,8-13H2,1-7H3,(H,20,21)/b16-14-. The van der Waals surface area contributed by atoms with E-state index in [1.807, 2.05) is 0 Å². The molecule has 0 saturated heterocycles. The van der Waals surface area contributed by atoms with E-state index in [-0.39, 0.29) is 5.92 Å². The van der Waals surface area contributed by atoms with Crippen molar-refractivity contribution in [3.8, 4) is 0 Å². The quantitative estimate of drug-likeness (QED) is 0.419. The Labute approximate surface area is 162 Å². The van der Waals surface area contributed by atoms with Crippen molar-refractivity contribution in [2.24, 2.45) is 5.92 Å². The van der Waals surface area contributed by atoms with Crippen LogP contribution in [0.5, 0.6) is 0 Å². The predicted octanol–water partition coefficient (Wildman–Crippen LogP) is 4.71. The number of carboxylic acid groups (broad SMARTS) is 1. The first-order valence-electron chi connectivity index (χ1n) is 9.73. The highest BCUT2D eigenvalue weighted by atomic mass is 28.5. The van der Waals surface area contributed by atoms with Crippen molar-refractivity contribution in [1.82, 2.24) is 0 Å². The molecule has 1 aliphatic rings. The maximum Gasteiger partial charge on any atom is 0.331 e. The molecule has 0 aromatic carbocycles. The monoisotopic (exact) mass is 418 g/mol. The lowest BCUT2D eigenvalue weighted by molar-refractivity contribution is -0.132. The lowest BCUT2D eigenvalue weighted by Gasteiger charge is -2.38. The Balaban J connectivity index is 2.92. The first kappa shape index (κ1) is 23.8. The van der Waals surface area contributed by atoms with E-state index in [2.05, 4.69) is 45.8 Å². The van der Waals surface area contributed by atoms with Crippen LogP contribution in [0.15, 0.2) is 11.6 Å². The molecule has 0 aromatic rings. The topological polar surface area (TPSA) is 76.0 Å². The number of rotatable bonds is 9. The van der Waals surface area contributed by atoms with Crippen molar-refractivity contribution in [3.63, 3.8) is 0 Å². The SMILES string of the molecule is C[Si](C)(C)O[Si](C)(CC/C(=C/C1CCCCC1O)C(=O)O)O[Si](C)(C)C. The molecule has 8 heteroatoms. The molecular formula is C18H38O5Si3. The molecule has 0 amide bonds. The summed E-state index contributed by atoms with van der Waals surface area (Å²) >= 11 is 0. The largest absolute Gasteiger partial charge is 0.478 e. The summed E-state index contributed by atoms with van der Waals surface area (Å²) in [5.41, 5.74) is 0.396. The molecule has 5 nitrogen and oxygen atoms in total. The van der Waals surface area contributed by atoms with E-state index >= 15 is 0 Å². The van der Waals surface area contributed by atoms with Gasteiger partial charge in [-0.05, 0) is 71.1 Å². The van der Waals surface area contributed by atoms with E-state index in [9.17, 15) is 15.0 Å². The molecule has 0 aliphatic heterocycles. The Bertz CT molecular complexity index is 492. The van der Waals surface area contributed by atoms with Crippen LogP contribution in [0.3, 0.4) is 0 Å². The lowest BCUT2D eigenvalue weighted by atomic mass is 9.85. The Morgan fingerprint density at radius 3 is 1.92 bits per heavy atom. The third-order valence-corrected chi connectivity index (χ3v) is 13.9. The Morgan fingerprint density at radius 2 is 1.50 bits per heavy atom. The zero-order valence-electron chi connectivity index (χ0n) is 17.6. The average Bonchev–Trinajstić information content (AvgIpc) is 2.40. The van der Waals surface area contributed by atoms with E-state index in [0.29, 0.717) is 18.0 Å². The molecule has 0 heterocycles.